The van der Waals surface area contributed by atoms with Gasteiger partial charge in [0.05, 0.1) is 17.0 Å². The number of imidazole rings is 1. The Balaban J connectivity index is 1.36. The number of nitrogens with zero attached hydrogens (tertiary/aromatic N) is 3. The summed E-state index contributed by atoms with van der Waals surface area (Å²) in [5, 5.41) is 15.3. The molecule has 6 nitrogen and oxygen atoms in total. The van der Waals surface area contributed by atoms with E-state index in [1.807, 2.05) is 39.8 Å². The number of amides is 1. The summed E-state index contributed by atoms with van der Waals surface area (Å²) >= 11 is 0. The van der Waals surface area contributed by atoms with Crippen molar-refractivity contribution >= 4 is 5.91 Å². The van der Waals surface area contributed by atoms with Crippen LogP contribution in [0.2, 0.25) is 0 Å². The van der Waals surface area contributed by atoms with Gasteiger partial charge in [0.25, 0.3) is 5.91 Å². The van der Waals surface area contributed by atoms with Crippen LogP contribution in [0.1, 0.15) is 54.0 Å². The van der Waals surface area contributed by atoms with Crippen molar-refractivity contribution in [3.63, 3.8) is 0 Å². The van der Waals surface area contributed by atoms with Crippen LogP contribution in [0.4, 0.5) is 4.39 Å². The lowest BCUT2D eigenvalue weighted by Gasteiger charge is -2.52. The highest BCUT2D eigenvalue weighted by Crippen LogP contribution is 2.47. The fourth-order valence-corrected chi connectivity index (χ4v) is 6.46. The van der Waals surface area contributed by atoms with Crippen LogP contribution in [0, 0.1) is 11.7 Å². The molecule has 1 aliphatic carbocycles. The summed E-state index contributed by atoms with van der Waals surface area (Å²) in [6.07, 6.45) is 4.44. The molecule has 35 heavy (non-hydrogen) atoms. The van der Waals surface area contributed by atoms with Crippen LogP contribution in [-0.2, 0) is 18.7 Å². The second-order valence-electron chi connectivity index (χ2n) is 10.1. The quantitative estimate of drug-likeness (QED) is 0.600. The van der Waals surface area contributed by atoms with Crippen LogP contribution >= 0.6 is 0 Å². The van der Waals surface area contributed by atoms with Gasteiger partial charge >= 0.3 is 0 Å². The predicted molar refractivity (Wildman–Crippen MR) is 131 cm³/mol. The van der Waals surface area contributed by atoms with Gasteiger partial charge in [-0.25, -0.2) is 9.37 Å². The van der Waals surface area contributed by atoms with Gasteiger partial charge in [0.1, 0.15) is 5.82 Å². The first-order chi connectivity index (χ1) is 17.1. The third-order valence-corrected chi connectivity index (χ3v) is 8.20. The van der Waals surface area contributed by atoms with Gasteiger partial charge in [0, 0.05) is 43.7 Å². The molecule has 1 saturated carbocycles. The van der Waals surface area contributed by atoms with E-state index in [2.05, 4.69) is 5.32 Å². The summed E-state index contributed by atoms with van der Waals surface area (Å²) in [4.78, 5) is 20.9. The Bertz CT molecular complexity index is 1230. The monoisotopic (exact) mass is 474 g/mol. The number of benzene rings is 2. The summed E-state index contributed by atoms with van der Waals surface area (Å²) in [5.41, 5.74) is 2.54. The van der Waals surface area contributed by atoms with Crippen molar-refractivity contribution in [2.45, 2.75) is 56.8 Å². The Morgan fingerprint density at radius 2 is 1.83 bits per heavy atom. The average Bonchev–Trinajstić information content (AvgIpc) is 3.29. The van der Waals surface area contributed by atoms with E-state index in [-0.39, 0.29) is 23.7 Å². The van der Waals surface area contributed by atoms with Crippen molar-refractivity contribution in [3.05, 3.63) is 77.5 Å². The highest BCUT2D eigenvalue weighted by Gasteiger charge is 2.50. The number of hydrogen-bond donors (Lipinski definition) is 2. The molecule has 182 valence electrons. The van der Waals surface area contributed by atoms with Crippen molar-refractivity contribution in [3.8, 4) is 11.3 Å². The van der Waals surface area contributed by atoms with E-state index in [4.69, 9.17) is 4.98 Å². The Morgan fingerprint density at radius 3 is 2.63 bits per heavy atom. The van der Waals surface area contributed by atoms with E-state index < -0.39 is 5.60 Å². The van der Waals surface area contributed by atoms with Crippen molar-refractivity contribution < 1.29 is 14.3 Å². The number of fused-ring (bicyclic) bond motifs is 2. The number of hydrogen-bond acceptors (Lipinski definition) is 4. The second-order valence-corrected chi connectivity index (χ2v) is 10.1. The van der Waals surface area contributed by atoms with Crippen molar-refractivity contribution in [2.24, 2.45) is 5.92 Å². The zero-order chi connectivity index (χ0) is 24.0. The van der Waals surface area contributed by atoms with Crippen molar-refractivity contribution in [1.29, 1.82) is 0 Å². The van der Waals surface area contributed by atoms with Gasteiger partial charge in [-0.3, -0.25) is 4.79 Å². The summed E-state index contributed by atoms with van der Waals surface area (Å²) in [6, 6.07) is 16.2. The van der Waals surface area contributed by atoms with Gasteiger partial charge in [-0.15, -0.1) is 0 Å². The summed E-state index contributed by atoms with van der Waals surface area (Å²) in [5.74, 6) is 0.105. The molecule has 0 spiro atoms. The van der Waals surface area contributed by atoms with Crippen LogP contribution < -0.4 is 5.32 Å². The molecule has 3 aromatic rings. The molecule has 1 aromatic heterocycles. The number of halogens is 1. The SMILES string of the molecule is O=C(c1nc(-c2ccc(F)cc2)c2n1CCNC2)N1CC[C@](O)(c2ccccc2)[C@H]2CCCC[C@H]21. The van der Waals surface area contributed by atoms with E-state index in [0.717, 1.165) is 54.7 Å². The molecular weight excluding hydrogens is 443 g/mol. The minimum absolute atomic E-state index is 0.00498. The number of rotatable bonds is 3. The standard InChI is InChI=1S/C28H31FN4O2/c29-21-12-10-19(11-13-21)25-24-18-30-15-17-32(24)26(31-25)27(34)33-16-14-28(35,20-6-2-1-3-7-20)22-8-4-5-9-23(22)33/h1-3,6-7,10-13,22-23,30,35H,4-5,8-9,14-18H2/t22-,23+,28-/m0/s1. The smallest absolute Gasteiger partial charge is 0.290 e. The third-order valence-electron chi connectivity index (χ3n) is 8.20. The maximum absolute atomic E-state index is 14.1. The normalized spacial score (nSPS) is 26.2. The maximum atomic E-state index is 14.1. The van der Waals surface area contributed by atoms with E-state index in [0.29, 0.717) is 31.9 Å². The molecule has 0 radical (unpaired) electrons. The Morgan fingerprint density at radius 1 is 1.06 bits per heavy atom. The first-order valence-corrected chi connectivity index (χ1v) is 12.7. The predicted octanol–water partition coefficient (Wildman–Crippen LogP) is 4.08. The lowest BCUT2D eigenvalue weighted by atomic mass is 9.66. The first-order valence-electron chi connectivity index (χ1n) is 12.7. The third kappa shape index (κ3) is 3.78. The molecule has 2 fully saturated rings. The molecule has 0 bridgehead atoms. The molecule has 1 amide bonds. The van der Waals surface area contributed by atoms with E-state index in [1.54, 1.807) is 12.1 Å². The first kappa shape index (κ1) is 22.4. The molecule has 6 rings (SSSR count). The number of nitrogens with one attached hydrogen (secondary N) is 1. The van der Waals surface area contributed by atoms with Crippen LogP contribution in [0.3, 0.4) is 0 Å². The van der Waals surface area contributed by atoms with Gasteiger partial charge in [-0.05, 0) is 49.1 Å². The van der Waals surface area contributed by atoms with Crippen molar-refractivity contribution in [2.75, 3.05) is 13.1 Å². The number of piperidine rings is 1. The lowest BCUT2D eigenvalue weighted by molar-refractivity contribution is -0.110. The van der Waals surface area contributed by atoms with Crippen LogP contribution in [0.25, 0.3) is 11.3 Å². The number of carbonyl (C=O) groups excluding carboxylic acids is 1. The molecule has 0 unspecified atom stereocenters. The maximum Gasteiger partial charge on any atom is 0.290 e. The highest BCUT2D eigenvalue weighted by molar-refractivity contribution is 5.92. The molecule has 2 aliphatic heterocycles. The van der Waals surface area contributed by atoms with Crippen LogP contribution in [0.5, 0.6) is 0 Å². The van der Waals surface area contributed by atoms with Gasteiger partial charge in [-0.1, -0.05) is 43.2 Å². The molecular formula is C28H31FN4O2. The minimum atomic E-state index is -0.918. The van der Waals surface area contributed by atoms with E-state index in [9.17, 15) is 14.3 Å². The molecule has 2 aromatic carbocycles. The fraction of sp³-hybridized carbons (Fsp3) is 0.429. The number of likely N-dealkylation sites (tertiary alicyclic amines) is 1. The summed E-state index contributed by atoms with van der Waals surface area (Å²) in [6.45, 7) is 2.55. The van der Waals surface area contributed by atoms with Gasteiger partial charge in [0.2, 0.25) is 0 Å². The van der Waals surface area contributed by atoms with E-state index >= 15 is 0 Å². The lowest BCUT2D eigenvalue weighted by Crippen LogP contribution is -2.59. The van der Waals surface area contributed by atoms with Gasteiger partial charge < -0.3 is 19.9 Å². The average molecular weight is 475 g/mol. The van der Waals surface area contributed by atoms with E-state index in [1.165, 1.54) is 12.1 Å². The van der Waals surface area contributed by atoms with Crippen LogP contribution in [-0.4, -0.2) is 44.6 Å². The molecule has 3 aliphatic rings. The Kier molecular flexibility index (Phi) is 5.69. The Hall–Kier alpha value is -3.03. The zero-order valence-corrected chi connectivity index (χ0v) is 19.8. The Labute approximate surface area is 204 Å². The number of aromatic nitrogens is 2. The molecule has 3 atom stereocenters. The largest absolute Gasteiger partial charge is 0.385 e. The summed E-state index contributed by atoms with van der Waals surface area (Å²) in [7, 11) is 0. The molecule has 2 N–H and O–H groups in total. The topological polar surface area (TPSA) is 70.4 Å². The summed E-state index contributed by atoms with van der Waals surface area (Å²) < 4.78 is 15.6. The molecule has 3 heterocycles. The van der Waals surface area contributed by atoms with Crippen molar-refractivity contribution in [1.82, 2.24) is 19.8 Å². The molecule has 1 saturated heterocycles. The van der Waals surface area contributed by atoms with Gasteiger partial charge in [-0.2, -0.15) is 0 Å². The number of carbonyl (C=O) groups is 1. The minimum Gasteiger partial charge on any atom is -0.385 e. The zero-order valence-electron chi connectivity index (χ0n) is 19.8. The molecule has 7 heteroatoms. The second kappa shape index (κ2) is 8.88. The van der Waals surface area contributed by atoms with Crippen LogP contribution in [0.15, 0.2) is 54.6 Å². The van der Waals surface area contributed by atoms with Gasteiger partial charge in [0.15, 0.2) is 5.82 Å². The fourth-order valence-electron chi connectivity index (χ4n) is 6.46. The number of aliphatic hydroxyl groups is 1. The highest BCUT2D eigenvalue weighted by atomic mass is 19.1.